The number of hydrogen-bond acceptors (Lipinski definition) is 8. The highest BCUT2D eigenvalue weighted by Crippen LogP contribution is 2.38. The van der Waals surface area contributed by atoms with Crippen LogP contribution in [0.1, 0.15) is 19.3 Å². The molecule has 0 bridgehead atoms. The van der Waals surface area contributed by atoms with Crippen LogP contribution in [-0.2, 0) is 0 Å². The van der Waals surface area contributed by atoms with Gasteiger partial charge in [0.2, 0.25) is 0 Å². The Morgan fingerprint density at radius 1 is 1.15 bits per heavy atom. The summed E-state index contributed by atoms with van der Waals surface area (Å²) < 4.78 is 22.7. The van der Waals surface area contributed by atoms with Crippen LogP contribution in [0.3, 0.4) is 0 Å². The number of rotatable bonds is 7. The summed E-state index contributed by atoms with van der Waals surface area (Å²) >= 11 is 6.58. The van der Waals surface area contributed by atoms with E-state index in [0.717, 1.165) is 30.3 Å². The number of aromatic nitrogens is 3. The lowest BCUT2D eigenvalue weighted by atomic mass is 9.99. The summed E-state index contributed by atoms with van der Waals surface area (Å²) in [5.74, 6) is 0.776. The van der Waals surface area contributed by atoms with Crippen LogP contribution in [0.4, 0.5) is 10.2 Å². The number of fused-ring (bicyclic) bond motifs is 3. The predicted molar refractivity (Wildman–Crippen MR) is 157 cm³/mol. The van der Waals surface area contributed by atoms with Crippen LogP contribution >= 0.6 is 11.6 Å². The molecule has 2 atom stereocenters. The van der Waals surface area contributed by atoms with E-state index in [-0.39, 0.29) is 17.2 Å². The van der Waals surface area contributed by atoms with Gasteiger partial charge in [0.25, 0.3) is 0 Å². The molecule has 0 spiro atoms. The fraction of sp³-hybridized carbons (Fsp3) is 0.419. The zero-order valence-electron chi connectivity index (χ0n) is 22.9. The van der Waals surface area contributed by atoms with Crippen LogP contribution in [0.25, 0.3) is 32.9 Å². The summed E-state index contributed by atoms with van der Waals surface area (Å²) in [6.07, 6.45) is 7.34. The summed E-state index contributed by atoms with van der Waals surface area (Å²) in [5, 5.41) is 11.9. The van der Waals surface area contributed by atoms with Gasteiger partial charge in [0.1, 0.15) is 17.0 Å². The molecule has 2 aromatic heterocycles. The Labute approximate surface area is 243 Å². The highest BCUT2D eigenvalue weighted by Gasteiger charge is 2.37. The molecule has 3 fully saturated rings. The molecule has 4 aromatic rings. The summed E-state index contributed by atoms with van der Waals surface area (Å²) in [6.45, 7) is 4.84. The minimum absolute atomic E-state index is 0.173. The lowest BCUT2D eigenvalue weighted by Crippen LogP contribution is -2.48. The van der Waals surface area contributed by atoms with E-state index in [1.807, 2.05) is 42.3 Å². The molecule has 8 nitrogen and oxygen atoms in total. The number of hydrogen-bond donors (Lipinski definition) is 0. The summed E-state index contributed by atoms with van der Waals surface area (Å²) in [7, 11) is 1.93. The fourth-order valence-corrected chi connectivity index (χ4v) is 7.15. The number of nitrogens with zero attached hydrogens (tertiary/aromatic N) is 7. The van der Waals surface area contributed by atoms with Crippen LogP contribution < -0.4 is 9.64 Å². The van der Waals surface area contributed by atoms with E-state index in [1.165, 1.54) is 12.8 Å². The zero-order chi connectivity index (χ0) is 28.1. The van der Waals surface area contributed by atoms with Crippen molar-refractivity contribution in [1.82, 2.24) is 24.8 Å². The summed E-state index contributed by atoms with van der Waals surface area (Å²) in [6, 6.07) is 12.0. The highest BCUT2D eigenvalue weighted by molar-refractivity contribution is 6.36. The van der Waals surface area contributed by atoms with Gasteiger partial charge in [-0.05, 0) is 43.8 Å². The van der Waals surface area contributed by atoms with Crippen molar-refractivity contribution in [3.63, 3.8) is 0 Å². The molecule has 7 rings (SSSR count). The van der Waals surface area contributed by atoms with Crippen molar-refractivity contribution in [2.24, 2.45) is 11.8 Å². The van der Waals surface area contributed by atoms with E-state index in [0.29, 0.717) is 65.9 Å². The minimum Gasteiger partial charge on any atom is -0.463 e. The smallest absolute Gasteiger partial charge is 0.319 e. The van der Waals surface area contributed by atoms with E-state index >= 15 is 4.39 Å². The molecule has 3 aliphatic rings. The number of pyridine rings is 1. The Balaban J connectivity index is 1.28. The van der Waals surface area contributed by atoms with Crippen molar-refractivity contribution < 1.29 is 9.13 Å². The molecule has 41 heavy (non-hydrogen) atoms. The summed E-state index contributed by atoms with van der Waals surface area (Å²) in [5.41, 5.74) is 0.976. The topological polar surface area (TPSA) is 81.4 Å². The summed E-state index contributed by atoms with van der Waals surface area (Å²) in [4.78, 5) is 20.3. The number of halogens is 2. The van der Waals surface area contributed by atoms with Crippen molar-refractivity contribution in [3.05, 3.63) is 53.4 Å². The van der Waals surface area contributed by atoms with Gasteiger partial charge >= 0.3 is 6.01 Å². The van der Waals surface area contributed by atoms with Gasteiger partial charge in [-0.3, -0.25) is 9.88 Å². The minimum atomic E-state index is -0.529. The quantitative estimate of drug-likeness (QED) is 0.275. The SMILES string of the molecule is CN(CC1CN(C#N)C1)c1nc(OCC2CCN3CCCC23)nc2c(F)c(-c3cccc4cccc(Cl)c34)ncc12. The molecule has 0 radical (unpaired) electrons. The first-order valence-corrected chi connectivity index (χ1v) is 14.6. The van der Waals surface area contributed by atoms with Gasteiger partial charge < -0.3 is 14.5 Å². The molecule has 3 aliphatic heterocycles. The molecule has 2 unspecified atom stereocenters. The van der Waals surface area contributed by atoms with Gasteiger partial charge in [0, 0.05) is 66.7 Å². The van der Waals surface area contributed by atoms with Crippen LogP contribution in [0.5, 0.6) is 6.01 Å². The molecule has 0 saturated carbocycles. The highest BCUT2D eigenvalue weighted by atomic mass is 35.5. The Morgan fingerprint density at radius 2 is 1.98 bits per heavy atom. The van der Waals surface area contributed by atoms with Crippen LogP contribution in [0.15, 0.2) is 42.6 Å². The van der Waals surface area contributed by atoms with Gasteiger partial charge in [0.05, 0.1) is 12.0 Å². The first-order chi connectivity index (χ1) is 20.0. The Hall–Kier alpha value is -3.74. The second-order valence-corrected chi connectivity index (χ2v) is 11.9. The molecular weight excluding hydrogens is 541 g/mol. The van der Waals surface area contributed by atoms with Crippen molar-refractivity contribution >= 4 is 39.1 Å². The maximum atomic E-state index is 16.5. The standard InChI is InChI=1S/C31H31ClFN7O/c1-38(14-19-15-39(16-19)18-34)30-23-13-35-28(22-7-2-5-20-6-3-8-24(32)26(20)22)27(33)29(23)36-31(37-30)41-17-21-10-12-40-11-4-9-25(21)40/h2-3,5-8,13,19,21,25H,4,9-12,14-17H2,1H3. The molecule has 0 amide bonds. The lowest BCUT2D eigenvalue weighted by molar-refractivity contribution is 0.176. The van der Waals surface area contributed by atoms with E-state index in [2.05, 4.69) is 21.1 Å². The maximum Gasteiger partial charge on any atom is 0.319 e. The number of likely N-dealkylation sites (tertiary alicyclic amines) is 1. The van der Waals surface area contributed by atoms with Gasteiger partial charge in [0.15, 0.2) is 12.0 Å². The van der Waals surface area contributed by atoms with Crippen molar-refractivity contribution in [2.45, 2.75) is 25.3 Å². The number of ether oxygens (including phenoxy) is 1. The Bertz CT molecular complexity index is 1670. The average Bonchev–Trinajstić information content (AvgIpc) is 3.58. The first kappa shape index (κ1) is 26.2. The van der Waals surface area contributed by atoms with Gasteiger partial charge in [-0.1, -0.05) is 41.9 Å². The monoisotopic (exact) mass is 571 g/mol. The number of anilines is 1. The van der Waals surface area contributed by atoms with E-state index in [1.54, 1.807) is 17.2 Å². The van der Waals surface area contributed by atoms with E-state index < -0.39 is 5.82 Å². The molecule has 0 N–H and O–H groups in total. The zero-order valence-corrected chi connectivity index (χ0v) is 23.7. The molecule has 5 heterocycles. The van der Waals surface area contributed by atoms with E-state index in [9.17, 15) is 0 Å². The molecule has 3 saturated heterocycles. The Kier molecular flexibility index (Phi) is 6.76. The van der Waals surface area contributed by atoms with Crippen molar-refractivity contribution in [2.75, 3.05) is 51.3 Å². The third-order valence-electron chi connectivity index (χ3n) is 8.92. The molecule has 210 valence electrons. The predicted octanol–water partition coefficient (Wildman–Crippen LogP) is 5.35. The molecule has 0 aliphatic carbocycles. The van der Waals surface area contributed by atoms with Crippen molar-refractivity contribution in [3.8, 4) is 23.5 Å². The van der Waals surface area contributed by atoms with Gasteiger partial charge in [-0.25, -0.2) is 4.39 Å². The fourth-order valence-electron chi connectivity index (χ4n) is 6.86. The molecular formula is C31H31ClFN7O. The molecule has 10 heteroatoms. The maximum absolute atomic E-state index is 16.5. The largest absolute Gasteiger partial charge is 0.463 e. The third-order valence-corrected chi connectivity index (χ3v) is 9.23. The van der Waals surface area contributed by atoms with Crippen LogP contribution in [0.2, 0.25) is 5.02 Å². The average molecular weight is 572 g/mol. The normalized spacial score (nSPS) is 20.8. The third kappa shape index (κ3) is 4.69. The molecule has 2 aromatic carbocycles. The second-order valence-electron chi connectivity index (χ2n) is 11.5. The lowest BCUT2D eigenvalue weighted by Gasteiger charge is -2.37. The number of nitriles is 1. The Morgan fingerprint density at radius 3 is 2.80 bits per heavy atom. The van der Waals surface area contributed by atoms with Crippen LogP contribution in [-0.4, -0.2) is 77.2 Å². The number of benzene rings is 2. The van der Waals surface area contributed by atoms with E-state index in [4.69, 9.17) is 26.6 Å². The van der Waals surface area contributed by atoms with Gasteiger partial charge in [-0.2, -0.15) is 15.2 Å². The first-order valence-electron chi connectivity index (χ1n) is 14.3. The second kappa shape index (κ2) is 10.6. The van der Waals surface area contributed by atoms with Crippen molar-refractivity contribution in [1.29, 1.82) is 5.26 Å². The van der Waals surface area contributed by atoms with Gasteiger partial charge in [-0.15, -0.1) is 0 Å². The van der Waals surface area contributed by atoms with Crippen LogP contribution in [0, 0.1) is 29.1 Å².